The van der Waals surface area contributed by atoms with E-state index in [1.807, 2.05) is 13.8 Å². The van der Waals surface area contributed by atoms with Gasteiger partial charge in [-0.2, -0.15) is 0 Å². The van der Waals surface area contributed by atoms with Crippen LogP contribution in [0.5, 0.6) is 0 Å². The van der Waals surface area contributed by atoms with Crippen molar-refractivity contribution in [3.8, 4) is 0 Å². The van der Waals surface area contributed by atoms with Gasteiger partial charge in [-0.15, -0.1) is 0 Å². The van der Waals surface area contributed by atoms with E-state index in [-0.39, 0.29) is 29.3 Å². The molecule has 4 aliphatic rings. The van der Waals surface area contributed by atoms with Crippen molar-refractivity contribution < 1.29 is 14.4 Å². The minimum atomic E-state index is -0.571. The summed E-state index contributed by atoms with van der Waals surface area (Å²) in [6.45, 7) is 5.40. The van der Waals surface area contributed by atoms with Crippen molar-refractivity contribution in [2.45, 2.75) is 70.9 Å². The van der Waals surface area contributed by atoms with Crippen LogP contribution in [0.4, 0.5) is 16.2 Å². The van der Waals surface area contributed by atoms with Crippen molar-refractivity contribution in [3.63, 3.8) is 0 Å². The lowest BCUT2D eigenvalue weighted by molar-refractivity contribution is -0.120. The molecular weight excluding hydrogens is 392 g/mol. The number of benzene rings is 1. The zero-order chi connectivity index (χ0) is 22.2. The lowest BCUT2D eigenvalue weighted by atomic mass is 9.53. The van der Waals surface area contributed by atoms with Crippen LogP contribution >= 0.6 is 0 Å². The predicted molar refractivity (Wildman–Crippen MR) is 121 cm³/mol. The van der Waals surface area contributed by atoms with Gasteiger partial charge in [0, 0.05) is 22.8 Å². The van der Waals surface area contributed by atoms with Gasteiger partial charge in [0.1, 0.15) is 6.04 Å². The zero-order valence-corrected chi connectivity index (χ0v) is 18.7. The standard InChI is InChI=1S/C24H34N4O3/c1-14(2)21(29)26-20-6-4-19(5-7-20)25-15(3)22(30)27-23(31)28-24-11-16-8-17(12-24)10-18(9-16)13-24/h4-7,14-18,25H,8-13H2,1-3H3,(H,26,29)(H2,27,28,30,31). The van der Waals surface area contributed by atoms with Crippen molar-refractivity contribution in [1.29, 1.82) is 0 Å². The summed E-state index contributed by atoms with van der Waals surface area (Å²) in [6.07, 6.45) is 7.07. The zero-order valence-electron chi connectivity index (χ0n) is 18.7. The average molecular weight is 427 g/mol. The fraction of sp³-hybridized carbons (Fsp3) is 0.625. The maximum atomic E-state index is 12.6. The van der Waals surface area contributed by atoms with Crippen LogP contribution in [0.2, 0.25) is 0 Å². The lowest BCUT2D eigenvalue weighted by Crippen LogP contribution is -2.62. The monoisotopic (exact) mass is 426 g/mol. The fourth-order valence-corrected chi connectivity index (χ4v) is 6.01. The summed E-state index contributed by atoms with van der Waals surface area (Å²) < 4.78 is 0. The highest BCUT2D eigenvalue weighted by Crippen LogP contribution is 2.55. The van der Waals surface area contributed by atoms with E-state index in [4.69, 9.17) is 0 Å². The highest BCUT2D eigenvalue weighted by molar-refractivity contribution is 5.98. The van der Waals surface area contributed by atoms with Crippen LogP contribution in [0.25, 0.3) is 0 Å². The van der Waals surface area contributed by atoms with Crippen LogP contribution in [0.3, 0.4) is 0 Å². The smallest absolute Gasteiger partial charge is 0.321 e. The Balaban J connectivity index is 1.27. The topological polar surface area (TPSA) is 99.3 Å². The van der Waals surface area contributed by atoms with Crippen molar-refractivity contribution >= 4 is 29.2 Å². The molecule has 5 rings (SSSR count). The maximum Gasteiger partial charge on any atom is 0.321 e. The molecule has 4 N–H and O–H groups in total. The molecule has 0 saturated heterocycles. The molecule has 1 unspecified atom stereocenters. The molecule has 1 atom stereocenters. The third-order valence-corrected chi connectivity index (χ3v) is 7.11. The molecule has 7 heteroatoms. The second-order valence-electron chi connectivity index (χ2n) is 10.2. The summed E-state index contributed by atoms with van der Waals surface area (Å²) in [5.41, 5.74) is 1.33. The molecule has 168 valence electrons. The molecule has 31 heavy (non-hydrogen) atoms. The minimum Gasteiger partial charge on any atom is -0.374 e. The van der Waals surface area contributed by atoms with Gasteiger partial charge in [0.05, 0.1) is 0 Å². The normalized spacial score (nSPS) is 29.4. The molecule has 0 aromatic heterocycles. The second kappa shape index (κ2) is 8.52. The number of imide groups is 1. The first kappa shape index (κ1) is 21.7. The number of rotatable bonds is 6. The molecule has 4 bridgehead atoms. The van der Waals surface area contributed by atoms with Crippen molar-refractivity contribution in [3.05, 3.63) is 24.3 Å². The first-order valence-corrected chi connectivity index (χ1v) is 11.5. The van der Waals surface area contributed by atoms with Gasteiger partial charge >= 0.3 is 6.03 Å². The average Bonchev–Trinajstić information content (AvgIpc) is 2.67. The third kappa shape index (κ3) is 5.02. The summed E-state index contributed by atoms with van der Waals surface area (Å²) in [5.74, 6) is 1.70. The van der Waals surface area contributed by atoms with Gasteiger partial charge in [-0.3, -0.25) is 14.9 Å². The molecule has 0 heterocycles. The van der Waals surface area contributed by atoms with E-state index in [0.29, 0.717) is 5.69 Å². The number of hydrogen-bond donors (Lipinski definition) is 4. The number of hydrogen-bond acceptors (Lipinski definition) is 4. The van der Waals surface area contributed by atoms with Gasteiger partial charge in [0.15, 0.2) is 0 Å². The SMILES string of the molecule is CC(C)C(=O)Nc1ccc(NC(C)C(=O)NC(=O)NC23CC4CC(CC(C4)C2)C3)cc1. The van der Waals surface area contributed by atoms with Crippen molar-refractivity contribution in [1.82, 2.24) is 10.6 Å². The van der Waals surface area contributed by atoms with Gasteiger partial charge < -0.3 is 16.0 Å². The number of urea groups is 1. The van der Waals surface area contributed by atoms with Crippen LogP contribution < -0.4 is 21.3 Å². The van der Waals surface area contributed by atoms with Gasteiger partial charge in [-0.25, -0.2) is 4.79 Å². The highest BCUT2D eigenvalue weighted by atomic mass is 16.2. The summed E-state index contributed by atoms with van der Waals surface area (Å²) in [4.78, 5) is 36.9. The number of amides is 4. The Hall–Kier alpha value is -2.57. The van der Waals surface area contributed by atoms with E-state index < -0.39 is 6.04 Å². The highest BCUT2D eigenvalue weighted by Gasteiger charge is 2.51. The first-order valence-electron chi connectivity index (χ1n) is 11.5. The van der Waals surface area contributed by atoms with Gasteiger partial charge in [0.25, 0.3) is 0 Å². The molecule has 0 spiro atoms. The lowest BCUT2D eigenvalue weighted by Gasteiger charge is -2.56. The summed E-state index contributed by atoms with van der Waals surface area (Å²) in [7, 11) is 0. The van der Waals surface area contributed by atoms with Crippen molar-refractivity contribution in [2.75, 3.05) is 10.6 Å². The molecule has 1 aromatic rings. The Bertz CT molecular complexity index is 814. The summed E-state index contributed by atoms with van der Waals surface area (Å²) in [6, 6.07) is 6.22. The van der Waals surface area contributed by atoms with Gasteiger partial charge in [0.2, 0.25) is 11.8 Å². The summed E-state index contributed by atoms with van der Waals surface area (Å²) >= 11 is 0. The quantitative estimate of drug-likeness (QED) is 0.555. The maximum absolute atomic E-state index is 12.6. The molecule has 7 nitrogen and oxygen atoms in total. The molecule has 4 amide bonds. The van der Waals surface area contributed by atoms with E-state index in [0.717, 1.165) is 42.7 Å². The van der Waals surface area contributed by atoms with E-state index in [1.54, 1.807) is 31.2 Å². The predicted octanol–water partition coefficient (Wildman–Crippen LogP) is 3.88. The Morgan fingerprint density at radius 1 is 0.839 bits per heavy atom. The number of carbonyl (C=O) groups excluding carboxylic acids is 3. The molecule has 4 saturated carbocycles. The van der Waals surface area contributed by atoms with Crippen molar-refractivity contribution in [2.24, 2.45) is 23.7 Å². The van der Waals surface area contributed by atoms with E-state index >= 15 is 0 Å². The summed E-state index contributed by atoms with van der Waals surface area (Å²) in [5, 5.41) is 11.6. The number of nitrogens with one attached hydrogen (secondary N) is 4. The molecule has 4 fully saturated rings. The second-order valence-corrected chi connectivity index (χ2v) is 10.2. The fourth-order valence-electron chi connectivity index (χ4n) is 6.01. The molecule has 0 radical (unpaired) electrons. The number of carbonyl (C=O) groups is 3. The Morgan fingerprint density at radius 2 is 1.35 bits per heavy atom. The van der Waals surface area contributed by atoms with Gasteiger partial charge in [-0.05, 0) is 87.5 Å². The van der Waals surface area contributed by atoms with Crippen LogP contribution in [-0.4, -0.2) is 29.4 Å². The Kier molecular flexibility index (Phi) is 5.95. The van der Waals surface area contributed by atoms with Gasteiger partial charge in [-0.1, -0.05) is 13.8 Å². The first-order chi connectivity index (χ1) is 14.7. The van der Waals surface area contributed by atoms with Crippen LogP contribution in [-0.2, 0) is 9.59 Å². The van der Waals surface area contributed by atoms with Crippen LogP contribution in [0, 0.1) is 23.7 Å². The van der Waals surface area contributed by atoms with E-state index in [2.05, 4.69) is 21.3 Å². The third-order valence-electron chi connectivity index (χ3n) is 7.11. The van der Waals surface area contributed by atoms with E-state index in [1.165, 1.54) is 19.3 Å². The Labute approximate surface area is 184 Å². The molecule has 4 aliphatic carbocycles. The Morgan fingerprint density at radius 3 is 1.87 bits per heavy atom. The largest absolute Gasteiger partial charge is 0.374 e. The van der Waals surface area contributed by atoms with E-state index in [9.17, 15) is 14.4 Å². The molecule has 1 aromatic carbocycles. The molecule has 0 aliphatic heterocycles. The van der Waals surface area contributed by atoms with Crippen LogP contribution in [0.1, 0.15) is 59.3 Å². The molecular formula is C24H34N4O3. The minimum absolute atomic E-state index is 0.0431. The number of anilines is 2. The van der Waals surface area contributed by atoms with Crippen LogP contribution in [0.15, 0.2) is 24.3 Å².